The van der Waals surface area contributed by atoms with Gasteiger partial charge in [-0.3, -0.25) is 4.79 Å². The Morgan fingerprint density at radius 2 is 1.85 bits per heavy atom. The molecule has 1 aliphatic carbocycles. The molecule has 20 heavy (non-hydrogen) atoms. The molecule has 0 aromatic heterocycles. The minimum Gasteiger partial charge on any atom is -0.356 e. The summed E-state index contributed by atoms with van der Waals surface area (Å²) in [5.74, 6) is 0.113. The van der Waals surface area contributed by atoms with Crippen molar-refractivity contribution in [3.8, 4) is 0 Å². The summed E-state index contributed by atoms with van der Waals surface area (Å²) in [6.45, 7) is 0.740. The van der Waals surface area contributed by atoms with Crippen LogP contribution in [0.15, 0.2) is 30.3 Å². The number of aryl methyl sites for hydroxylation is 1. The van der Waals surface area contributed by atoms with Crippen LogP contribution in [0.25, 0.3) is 0 Å². The van der Waals surface area contributed by atoms with E-state index in [1.165, 1.54) is 12.0 Å². The first-order chi connectivity index (χ1) is 9.68. The fourth-order valence-electron chi connectivity index (χ4n) is 2.98. The average molecular weight is 274 g/mol. The predicted molar refractivity (Wildman–Crippen MR) is 82.4 cm³/mol. The molecule has 0 saturated heterocycles. The quantitative estimate of drug-likeness (QED) is 0.784. The molecule has 0 heterocycles. The van der Waals surface area contributed by atoms with E-state index in [1.807, 2.05) is 6.07 Å². The van der Waals surface area contributed by atoms with Crippen LogP contribution in [0, 0.1) is 0 Å². The van der Waals surface area contributed by atoms with Gasteiger partial charge in [-0.1, -0.05) is 49.6 Å². The van der Waals surface area contributed by atoms with Crippen molar-refractivity contribution in [1.29, 1.82) is 0 Å². The monoisotopic (exact) mass is 274 g/mol. The summed E-state index contributed by atoms with van der Waals surface area (Å²) in [7, 11) is 0. The Bertz CT molecular complexity index is 410. The van der Waals surface area contributed by atoms with Crippen molar-refractivity contribution < 1.29 is 4.79 Å². The van der Waals surface area contributed by atoms with Gasteiger partial charge in [0.25, 0.3) is 0 Å². The van der Waals surface area contributed by atoms with Crippen molar-refractivity contribution in [3.05, 3.63) is 35.9 Å². The minimum absolute atomic E-state index is 0.113. The van der Waals surface area contributed by atoms with E-state index in [9.17, 15) is 4.79 Å². The van der Waals surface area contributed by atoms with E-state index >= 15 is 0 Å². The van der Waals surface area contributed by atoms with Crippen LogP contribution in [-0.4, -0.2) is 18.0 Å². The summed E-state index contributed by atoms with van der Waals surface area (Å²) in [6.07, 6.45) is 8.04. The Kier molecular flexibility index (Phi) is 5.60. The molecule has 0 radical (unpaired) electrons. The molecule has 110 valence electrons. The molecule has 0 unspecified atom stereocenters. The zero-order chi connectivity index (χ0) is 14.3. The molecule has 1 fully saturated rings. The first-order valence-electron chi connectivity index (χ1n) is 7.77. The maximum atomic E-state index is 11.9. The fourth-order valence-corrected chi connectivity index (χ4v) is 2.98. The second kappa shape index (κ2) is 7.44. The molecular formula is C17H26N2O. The number of nitrogens with two attached hydrogens (primary N) is 1. The highest BCUT2D eigenvalue weighted by atomic mass is 16.1. The van der Waals surface area contributed by atoms with Crippen LogP contribution in [-0.2, 0) is 11.2 Å². The molecule has 1 aromatic carbocycles. The van der Waals surface area contributed by atoms with Gasteiger partial charge < -0.3 is 11.1 Å². The summed E-state index contributed by atoms with van der Waals surface area (Å²) in [4.78, 5) is 11.9. The molecular weight excluding hydrogens is 248 g/mol. The molecule has 3 nitrogen and oxygen atoms in total. The third kappa shape index (κ3) is 4.97. The van der Waals surface area contributed by atoms with Gasteiger partial charge in [0.15, 0.2) is 0 Å². The number of carbonyl (C=O) groups is 1. The van der Waals surface area contributed by atoms with Crippen molar-refractivity contribution >= 4 is 5.91 Å². The molecule has 0 spiro atoms. The molecule has 2 rings (SSSR count). The third-order valence-electron chi connectivity index (χ3n) is 4.17. The Labute approximate surface area is 121 Å². The molecule has 0 bridgehead atoms. The van der Waals surface area contributed by atoms with E-state index in [2.05, 4.69) is 29.6 Å². The molecule has 0 aliphatic heterocycles. The van der Waals surface area contributed by atoms with E-state index in [0.29, 0.717) is 6.42 Å². The van der Waals surface area contributed by atoms with Gasteiger partial charge in [-0.05, 0) is 31.2 Å². The summed E-state index contributed by atoms with van der Waals surface area (Å²) >= 11 is 0. The van der Waals surface area contributed by atoms with Crippen LogP contribution in [0.2, 0.25) is 0 Å². The maximum absolute atomic E-state index is 11.9. The fraction of sp³-hybridized carbons (Fsp3) is 0.588. The van der Waals surface area contributed by atoms with Crippen LogP contribution in [0.4, 0.5) is 0 Å². The number of amides is 1. The highest BCUT2D eigenvalue weighted by Crippen LogP contribution is 2.28. The van der Waals surface area contributed by atoms with Gasteiger partial charge in [0.1, 0.15) is 0 Å². The van der Waals surface area contributed by atoms with Crippen molar-refractivity contribution in [2.24, 2.45) is 5.73 Å². The number of carbonyl (C=O) groups excluding carboxylic acids is 1. The third-order valence-corrected chi connectivity index (χ3v) is 4.17. The van der Waals surface area contributed by atoms with E-state index in [4.69, 9.17) is 5.73 Å². The zero-order valence-electron chi connectivity index (χ0n) is 12.2. The van der Waals surface area contributed by atoms with Crippen molar-refractivity contribution in [2.45, 2.75) is 56.9 Å². The Balaban J connectivity index is 1.63. The number of rotatable bonds is 6. The second-order valence-electron chi connectivity index (χ2n) is 6.04. The van der Waals surface area contributed by atoms with Gasteiger partial charge in [0, 0.05) is 18.5 Å². The first-order valence-corrected chi connectivity index (χ1v) is 7.77. The van der Waals surface area contributed by atoms with Gasteiger partial charge in [0.05, 0.1) is 0 Å². The molecule has 3 N–H and O–H groups in total. The predicted octanol–water partition coefficient (Wildman–Crippen LogP) is 2.79. The van der Waals surface area contributed by atoms with E-state index < -0.39 is 0 Å². The van der Waals surface area contributed by atoms with Crippen LogP contribution in [0.1, 0.15) is 50.5 Å². The van der Waals surface area contributed by atoms with Crippen molar-refractivity contribution in [2.75, 3.05) is 6.54 Å². The Hall–Kier alpha value is -1.35. The van der Waals surface area contributed by atoms with E-state index in [0.717, 1.165) is 45.1 Å². The number of nitrogens with one attached hydrogen (secondary N) is 1. The van der Waals surface area contributed by atoms with Crippen LogP contribution in [0.3, 0.4) is 0 Å². The lowest BCUT2D eigenvalue weighted by molar-refractivity contribution is -0.122. The van der Waals surface area contributed by atoms with Crippen LogP contribution >= 0.6 is 0 Å². The lowest BCUT2D eigenvalue weighted by Crippen LogP contribution is -2.46. The second-order valence-corrected chi connectivity index (χ2v) is 6.04. The largest absolute Gasteiger partial charge is 0.356 e. The average Bonchev–Trinajstić information content (AvgIpc) is 2.45. The Morgan fingerprint density at radius 1 is 1.15 bits per heavy atom. The zero-order valence-corrected chi connectivity index (χ0v) is 12.2. The van der Waals surface area contributed by atoms with Crippen LogP contribution in [0.5, 0.6) is 0 Å². The molecule has 1 saturated carbocycles. The number of benzene rings is 1. The molecule has 1 aliphatic rings. The van der Waals surface area contributed by atoms with E-state index in [1.54, 1.807) is 0 Å². The molecule has 1 aromatic rings. The van der Waals surface area contributed by atoms with Crippen molar-refractivity contribution in [3.63, 3.8) is 0 Å². The summed E-state index contributed by atoms with van der Waals surface area (Å²) in [6, 6.07) is 10.4. The summed E-state index contributed by atoms with van der Waals surface area (Å²) in [5, 5.41) is 3.01. The smallest absolute Gasteiger partial charge is 0.221 e. The van der Waals surface area contributed by atoms with Gasteiger partial charge in [-0.15, -0.1) is 0 Å². The van der Waals surface area contributed by atoms with E-state index in [-0.39, 0.29) is 11.4 Å². The highest BCUT2D eigenvalue weighted by Gasteiger charge is 2.29. The van der Waals surface area contributed by atoms with Crippen molar-refractivity contribution in [1.82, 2.24) is 5.32 Å². The topological polar surface area (TPSA) is 55.1 Å². The lowest BCUT2D eigenvalue weighted by atomic mass is 9.80. The minimum atomic E-state index is -0.248. The summed E-state index contributed by atoms with van der Waals surface area (Å²) in [5.41, 5.74) is 7.37. The number of hydrogen-bond donors (Lipinski definition) is 2. The Morgan fingerprint density at radius 3 is 2.55 bits per heavy atom. The summed E-state index contributed by atoms with van der Waals surface area (Å²) < 4.78 is 0. The molecule has 1 amide bonds. The van der Waals surface area contributed by atoms with Crippen LogP contribution < -0.4 is 11.1 Å². The lowest BCUT2D eigenvalue weighted by Gasteiger charge is -2.32. The normalized spacial score (nSPS) is 17.6. The number of hydrogen-bond acceptors (Lipinski definition) is 2. The SMILES string of the molecule is NC1(CC(=O)NCCCc2ccccc2)CCCCC1. The van der Waals surface area contributed by atoms with Gasteiger partial charge in [0.2, 0.25) is 5.91 Å². The van der Waals surface area contributed by atoms with Gasteiger partial charge >= 0.3 is 0 Å². The van der Waals surface area contributed by atoms with Gasteiger partial charge in [-0.2, -0.15) is 0 Å². The first kappa shape index (κ1) is 15.0. The highest BCUT2D eigenvalue weighted by molar-refractivity contribution is 5.77. The molecule has 3 heteroatoms. The maximum Gasteiger partial charge on any atom is 0.221 e. The molecule has 0 atom stereocenters. The van der Waals surface area contributed by atoms with Gasteiger partial charge in [-0.25, -0.2) is 0 Å². The standard InChI is InChI=1S/C17H26N2O/c18-17(11-5-2-6-12-17)14-16(20)19-13-7-10-15-8-3-1-4-9-15/h1,3-4,8-9H,2,5-7,10-14,18H2,(H,19,20).